The first-order chi connectivity index (χ1) is 7.11. The zero-order valence-electron chi connectivity index (χ0n) is 8.89. The summed E-state index contributed by atoms with van der Waals surface area (Å²) >= 11 is 11.8. The predicted octanol–water partition coefficient (Wildman–Crippen LogP) is 3.12. The first-order valence-corrected chi connectivity index (χ1v) is 5.56. The van der Waals surface area contributed by atoms with Gasteiger partial charge in [-0.25, -0.2) is 0 Å². The van der Waals surface area contributed by atoms with Gasteiger partial charge in [-0.05, 0) is 30.7 Å². The molecule has 1 aromatic rings. The molecule has 0 heterocycles. The van der Waals surface area contributed by atoms with Gasteiger partial charge in [-0.1, -0.05) is 23.2 Å². The fourth-order valence-corrected chi connectivity index (χ4v) is 1.79. The quantitative estimate of drug-likeness (QED) is 0.864. The molecule has 84 valence electrons. The van der Waals surface area contributed by atoms with Crippen molar-refractivity contribution in [2.75, 3.05) is 13.7 Å². The Hall–Kier alpha value is -0.280. The van der Waals surface area contributed by atoms with Crippen LogP contribution in [0.15, 0.2) is 18.2 Å². The summed E-state index contributed by atoms with van der Waals surface area (Å²) in [6.07, 6.45) is 0.208. The van der Waals surface area contributed by atoms with Crippen LogP contribution in [0.25, 0.3) is 0 Å². The van der Waals surface area contributed by atoms with Crippen LogP contribution in [0.1, 0.15) is 12.5 Å². The fraction of sp³-hybridized carbons (Fsp3) is 0.455. The van der Waals surface area contributed by atoms with Crippen LogP contribution in [-0.4, -0.2) is 19.8 Å². The molecule has 0 radical (unpaired) electrons. The molecule has 4 heteroatoms. The van der Waals surface area contributed by atoms with Gasteiger partial charge < -0.3 is 10.1 Å². The summed E-state index contributed by atoms with van der Waals surface area (Å²) in [6.45, 7) is 3.56. The number of hydrogen-bond acceptors (Lipinski definition) is 2. The molecular weight excluding hydrogens is 233 g/mol. The van der Waals surface area contributed by atoms with Crippen molar-refractivity contribution in [3.8, 4) is 0 Å². The Labute approximate surface area is 101 Å². The number of methoxy groups -OCH3 is 1. The Balaban J connectivity index is 2.43. The normalized spacial score (nSPS) is 12.8. The standard InChI is InChI=1S/C11H15Cl2NO/c1-8(15-2)6-14-7-9-3-10(12)5-11(13)4-9/h3-5,8,14H,6-7H2,1-2H3. The van der Waals surface area contributed by atoms with E-state index in [9.17, 15) is 0 Å². The molecule has 0 fully saturated rings. The zero-order chi connectivity index (χ0) is 11.3. The highest BCUT2D eigenvalue weighted by Crippen LogP contribution is 2.18. The van der Waals surface area contributed by atoms with Crippen LogP contribution in [0.5, 0.6) is 0 Å². The van der Waals surface area contributed by atoms with Crippen molar-refractivity contribution in [3.63, 3.8) is 0 Å². The van der Waals surface area contributed by atoms with Crippen molar-refractivity contribution in [2.45, 2.75) is 19.6 Å². The minimum atomic E-state index is 0.208. The molecule has 0 saturated heterocycles. The van der Waals surface area contributed by atoms with Crippen molar-refractivity contribution < 1.29 is 4.74 Å². The Morgan fingerprint density at radius 3 is 2.40 bits per heavy atom. The average Bonchev–Trinajstić information content (AvgIpc) is 2.16. The minimum Gasteiger partial charge on any atom is -0.380 e. The predicted molar refractivity (Wildman–Crippen MR) is 64.6 cm³/mol. The lowest BCUT2D eigenvalue weighted by atomic mass is 10.2. The van der Waals surface area contributed by atoms with E-state index in [4.69, 9.17) is 27.9 Å². The average molecular weight is 248 g/mol. The summed E-state index contributed by atoms with van der Waals surface area (Å²) < 4.78 is 5.12. The summed E-state index contributed by atoms with van der Waals surface area (Å²) in [5, 5.41) is 4.60. The summed E-state index contributed by atoms with van der Waals surface area (Å²) in [5.74, 6) is 0. The molecule has 1 atom stereocenters. The molecule has 1 unspecified atom stereocenters. The lowest BCUT2D eigenvalue weighted by Crippen LogP contribution is -2.25. The second-order valence-corrected chi connectivity index (χ2v) is 4.33. The van der Waals surface area contributed by atoms with Crippen LogP contribution in [0, 0.1) is 0 Å². The van der Waals surface area contributed by atoms with E-state index in [1.165, 1.54) is 0 Å². The Morgan fingerprint density at radius 1 is 1.27 bits per heavy atom. The molecule has 1 aromatic carbocycles. The first-order valence-electron chi connectivity index (χ1n) is 4.80. The molecule has 1 rings (SSSR count). The molecule has 2 nitrogen and oxygen atoms in total. The van der Waals surface area contributed by atoms with Crippen LogP contribution in [0.2, 0.25) is 10.0 Å². The van der Waals surface area contributed by atoms with Gasteiger partial charge in [0.15, 0.2) is 0 Å². The van der Waals surface area contributed by atoms with E-state index in [2.05, 4.69) is 5.32 Å². The first kappa shape index (κ1) is 12.8. The van der Waals surface area contributed by atoms with E-state index in [0.29, 0.717) is 10.0 Å². The van der Waals surface area contributed by atoms with E-state index in [1.54, 1.807) is 13.2 Å². The molecule has 0 aliphatic carbocycles. The van der Waals surface area contributed by atoms with Crippen molar-refractivity contribution in [3.05, 3.63) is 33.8 Å². The fourth-order valence-electron chi connectivity index (χ4n) is 1.22. The lowest BCUT2D eigenvalue weighted by molar-refractivity contribution is 0.117. The maximum Gasteiger partial charge on any atom is 0.0667 e. The molecule has 0 amide bonds. The highest BCUT2D eigenvalue weighted by Gasteiger charge is 2.00. The van der Waals surface area contributed by atoms with Gasteiger partial charge in [-0.3, -0.25) is 0 Å². The molecule has 0 aliphatic heterocycles. The molecule has 0 aliphatic rings. The maximum atomic E-state index is 5.88. The number of rotatable bonds is 5. The highest BCUT2D eigenvalue weighted by atomic mass is 35.5. The number of hydrogen-bond donors (Lipinski definition) is 1. The topological polar surface area (TPSA) is 21.3 Å². The molecule has 1 N–H and O–H groups in total. The van der Waals surface area contributed by atoms with Gasteiger partial charge in [0.05, 0.1) is 6.10 Å². The molecule has 15 heavy (non-hydrogen) atoms. The van der Waals surface area contributed by atoms with Gasteiger partial charge in [-0.2, -0.15) is 0 Å². The summed E-state index contributed by atoms with van der Waals surface area (Å²) in [5.41, 5.74) is 1.08. The molecule has 0 saturated carbocycles. The molecule has 0 bridgehead atoms. The zero-order valence-corrected chi connectivity index (χ0v) is 10.4. The minimum absolute atomic E-state index is 0.208. The van der Waals surface area contributed by atoms with Crippen molar-refractivity contribution in [1.82, 2.24) is 5.32 Å². The Bertz CT molecular complexity index is 297. The largest absolute Gasteiger partial charge is 0.380 e. The van der Waals surface area contributed by atoms with Crippen molar-refractivity contribution in [2.24, 2.45) is 0 Å². The molecular formula is C11H15Cl2NO. The van der Waals surface area contributed by atoms with Crippen LogP contribution in [0.3, 0.4) is 0 Å². The number of halogens is 2. The van der Waals surface area contributed by atoms with Crippen LogP contribution < -0.4 is 5.32 Å². The highest BCUT2D eigenvalue weighted by molar-refractivity contribution is 6.34. The third kappa shape index (κ3) is 4.85. The summed E-state index contributed by atoms with van der Waals surface area (Å²) in [4.78, 5) is 0. The molecule has 0 spiro atoms. The van der Waals surface area contributed by atoms with Crippen molar-refractivity contribution >= 4 is 23.2 Å². The second kappa shape index (κ2) is 6.33. The summed E-state index contributed by atoms with van der Waals surface area (Å²) in [7, 11) is 1.70. The van der Waals surface area contributed by atoms with Crippen LogP contribution >= 0.6 is 23.2 Å². The third-order valence-corrected chi connectivity index (χ3v) is 2.52. The SMILES string of the molecule is COC(C)CNCc1cc(Cl)cc(Cl)c1. The molecule has 0 aromatic heterocycles. The number of benzene rings is 1. The Morgan fingerprint density at radius 2 is 1.87 bits per heavy atom. The van der Waals surface area contributed by atoms with Gasteiger partial charge in [0.2, 0.25) is 0 Å². The van der Waals surface area contributed by atoms with E-state index in [0.717, 1.165) is 18.7 Å². The van der Waals surface area contributed by atoms with Gasteiger partial charge >= 0.3 is 0 Å². The lowest BCUT2D eigenvalue weighted by Gasteiger charge is -2.10. The third-order valence-electron chi connectivity index (χ3n) is 2.09. The van der Waals surface area contributed by atoms with E-state index in [1.807, 2.05) is 19.1 Å². The maximum absolute atomic E-state index is 5.88. The van der Waals surface area contributed by atoms with Gasteiger partial charge in [0, 0.05) is 30.2 Å². The van der Waals surface area contributed by atoms with E-state index >= 15 is 0 Å². The van der Waals surface area contributed by atoms with Crippen LogP contribution in [-0.2, 0) is 11.3 Å². The number of ether oxygens (including phenoxy) is 1. The van der Waals surface area contributed by atoms with Crippen LogP contribution in [0.4, 0.5) is 0 Å². The van der Waals surface area contributed by atoms with Crippen molar-refractivity contribution in [1.29, 1.82) is 0 Å². The second-order valence-electron chi connectivity index (χ2n) is 3.45. The Kier molecular flexibility index (Phi) is 5.40. The van der Waals surface area contributed by atoms with Gasteiger partial charge in [0.1, 0.15) is 0 Å². The summed E-state index contributed by atoms with van der Waals surface area (Å²) in [6, 6.07) is 5.53. The van der Waals surface area contributed by atoms with E-state index in [-0.39, 0.29) is 6.10 Å². The van der Waals surface area contributed by atoms with E-state index < -0.39 is 0 Å². The number of nitrogens with one attached hydrogen (secondary N) is 1. The smallest absolute Gasteiger partial charge is 0.0667 e. The monoisotopic (exact) mass is 247 g/mol. The van der Waals surface area contributed by atoms with Gasteiger partial charge in [0.25, 0.3) is 0 Å². The van der Waals surface area contributed by atoms with Gasteiger partial charge in [-0.15, -0.1) is 0 Å².